The number of amides is 1. The summed E-state index contributed by atoms with van der Waals surface area (Å²) in [5.74, 6) is -0.767. The lowest BCUT2D eigenvalue weighted by atomic mass is 9.72. The predicted molar refractivity (Wildman–Crippen MR) is 116 cm³/mol. The SMILES string of the molecule is CCOC(=O)[C@@H]1[C@@H](C(C)(C)C)[C@H](N)[C@H](c2ccccc2CC)N1C(=O)[C@@H]1CCCO1. The van der Waals surface area contributed by atoms with E-state index in [1.54, 1.807) is 11.8 Å². The van der Waals surface area contributed by atoms with Crippen LogP contribution in [0.3, 0.4) is 0 Å². The van der Waals surface area contributed by atoms with E-state index in [-0.39, 0.29) is 29.8 Å². The lowest BCUT2D eigenvalue weighted by molar-refractivity contribution is -0.160. The molecule has 2 N–H and O–H groups in total. The molecular weight excluding hydrogens is 380 g/mol. The largest absolute Gasteiger partial charge is 0.464 e. The Morgan fingerprint density at radius 2 is 1.93 bits per heavy atom. The third kappa shape index (κ3) is 4.12. The fraction of sp³-hybridized carbons (Fsp3) is 0.667. The summed E-state index contributed by atoms with van der Waals surface area (Å²) in [6.07, 6.45) is 1.82. The molecule has 2 fully saturated rings. The average Bonchev–Trinajstić information content (AvgIpc) is 3.33. The molecule has 0 radical (unpaired) electrons. The van der Waals surface area contributed by atoms with Gasteiger partial charge in [-0.25, -0.2) is 4.79 Å². The van der Waals surface area contributed by atoms with Gasteiger partial charge in [0.05, 0.1) is 12.6 Å². The van der Waals surface area contributed by atoms with Gasteiger partial charge in [-0.15, -0.1) is 0 Å². The first-order chi connectivity index (χ1) is 14.2. The molecule has 166 valence electrons. The van der Waals surface area contributed by atoms with Gasteiger partial charge in [-0.3, -0.25) is 4.79 Å². The van der Waals surface area contributed by atoms with Crippen LogP contribution in [0.25, 0.3) is 0 Å². The molecule has 0 aromatic heterocycles. The van der Waals surface area contributed by atoms with Gasteiger partial charge < -0.3 is 20.1 Å². The maximum Gasteiger partial charge on any atom is 0.329 e. The molecule has 0 bridgehead atoms. The van der Waals surface area contributed by atoms with E-state index in [2.05, 4.69) is 33.8 Å². The van der Waals surface area contributed by atoms with E-state index >= 15 is 0 Å². The van der Waals surface area contributed by atoms with Crippen molar-refractivity contribution >= 4 is 11.9 Å². The normalized spacial score (nSPS) is 29.3. The molecule has 2 heterocycles. The number of hydrogen-bond acceptors (Lipinski definition) is 5. The molecule has 0 unspecified atom stereocenters. The van der Waals surface area contributed by atoms with Crippen LogP contribution in [0.4, 0.5) is 0 Å². The Kier molecular flexibility index (Phi) is 6.88. The smallest absolute Gasteiger partial charge is 0.329 e. The quantitative estimate of drug-likeness (QED) is 0.745. The molecule has 2 saturated heterocycles. The zero-order valence-electron chi connectivity index (χ0n) is 18.9. The molecule has 6 nitrogen and oxygen atoms in total. The van der Waals surface area contributed by atoms with Crippen molar-refractivity contribution in [2.45, 2.75) is 78.1 Å². The second-order valence-corrected chi connectivity index (χ2v) is 9.41. The minimum absolute atomic E-state index is 0.149. The topological polar surface area (TPSA) is 81.9 Å². The Balaban J connectivity index is 2.16. The van der Waals surface area contributed by atoms with Crippen molar-refractivity contribution in [1.29, 1.82) is 0 Å². The van der Waals surface area contributed by atoms with Crippen LogP contribution in [0.2, 0.25) is 0 Å². The summed E-state index contributed by atoms with van der Waals surface area (Å²) in [5, 5.41) is 0. The Labute approximate surface area is 180 Å². The summed E-state index contributed by atoms with van der Waals surface area (Å²) in [6.45, 7) is 10.9. The van der Waals surface area contributed by atoms with E-state index in [4.69, 9.17) is 15.2 Å². The molecule has 5 atom stereocenters. The van der Waals surface area contributed by atoms with Gasteiger partial charge in [0.1, 0.15) is 12.1 Å². The molecule has 30 heavy (non-hydrogen) atoms. The summed E-state index contributed by atoms with van der Waals surface area (Å²) in [6, 6.07) is 6.56. The van der Waals surface area contributed by atoms with Crippen LogP contribution in [-0.2, 0) is 25.5 Å². The van der Waals surface area contributed by atoms with Gasteiger partial charge in [0.2, 0.25) is 0 Å². The number of carbonyl (C=O) groups excluding carboxylic acids is 2. The van der Waals surface area contributed by atoms with Crippen molar-refractivity contribution < 1.29 is 19.1 Å². The van der Waals surface area contributed by atoms with Gasteiger partial charge in [-0.05, 0) is 42.7 Å². The molecule has 0 aliphatic carbocycles. The maximum atomic E-state index is 13.7. The number of ether oxygens (including phenoxy) is 2. The van der Waals surface area contributed by atoms with Crippen molar-refractivity contribution in [3.05, 3.63) is 35.4 Å². The highest BCUT2D eigenvalue weighted by Crippen LogP contribution is 2.48. The van der Waals surface area contributed by atoms with E-state index < -0.39 is 24.2 Å². The molecule has 1 aromatic rings. The molecule has 3 rings (SSSR count). The number of benzene rings is 1. The number of nitrogens with two attached hydrogens (primary N) is 1. The average molecular weight is 417 g/mol. The minimum Gasteiger partial charge on any atom is -0.464 e. The van der Waals surface area contributed by atoms with E-state index in [0.717, 1.165) is 24.0 Å². The zero-order valence-corrected chi connectivity index (χ0v) is 18.9. The molecule has 6 heteroatoms. The number of nitrogens with zero attached hydrogens (tertiary/aromatic N) is 1. The van der Waals surface area contributed by atoms with Gasteiger partial charge in [-0.1, -0.05) is 52.0 Å². The summed E-state index contributed by atoms with van der Waals surface area (Å²) >= 11 is 0. The summed E-state index contributed by atoms with van der Waals surface area (Å²) in [4.78, 5) is 28.6. The second kappa shape index (κ2) is 9.06. The van der Waals surface area contributed by atoms with Crippen molar-refractivity contribution in [2.24, 2.45) is 17.1 Å². The fourth-order valence-electron chi connectivity index (χ4n) is 5.19. The summed E-state index contributed by atoms with van der Waals surface area (Å²) < 4.78 is 11.2. The number of aryl methyl sites for hydroxylation is 1. The molecule has 2 aliphatic rings. The van der Waals surface area contributed by atoms with E-state index in [1.807, 2.05) is 18.2 Å². The van der Waals surface area contributed by atoms with Crippen LogP contribution in [-0.4, -0.2) is 48.2 Å². The van der Waals surface area contributed by atoms with Gasteiger partial charge in [0.25, 0.3) is 5.91 Å². The van der Waals surface area contributed by atoms with Crippen molar-refractivity contribution in [3.63, 3.8) is 0 Å². The first-order valence-corrected chi connectivity index (χ1v) is 11.2. The van der Waals surface area contributed by atoms with Crippen LogP contribution < -0.4 is 5.73 Å². The zero-order chi connectivity index (χ0) is 22.1. The molecule has 2 aliphatic heterocycles. The maximum absolute atomic E-state index is 13.7. The standard InChI is InChI=1S/C24H36N2O4/c1-6-15-11-8-9-12-16(15)20-19(25)18(24(3,4)5)21(23(28)29-7-2)26(20)22(27)17-13-10-14-30-17/h8-9,11-12,17-21H,6-7,10,13-14,25H2,1-5H3/t17-,18-,19-,20-,21-/m0/s1. The van der Waals surface area contributed by atoms with Crippen LogP contribution in [0.15, 0.2) is 24.3 Å². The molecule has 0 saturated carbocycles. The van der Waals surface area contributed by atoms with Crippen molar-refractivity contribution in [2.75, 3.05) is 13.2 Å². The number of hydrogen-bond donors (Lipinski definition) is 1. The Morgan fingerprint density at radius 3 is 2.50 bits per heavy atom. The first kappa shape index (κ1) is 22.8. The van der Waals surface area contributed by atoms with Crippen molar-refractivity contribution in [1.82, 2.24) is 4.90 Å². The van der Waals surface area contributed by atoms with Gasteiger partial charge in [0.15, 0.2) is 0 Å². The molecule has 1 aromatic carbocycles. The first-order valence-electron chi connectivity index (χ1n) is 11.2. The monoisotopic (exact) mass is 416 g/mol. The number of likely N-dealkylation sites (tertiary alicyclic amines) is 1. The lowest BCUT2D eigenvalue weighted by Gasteiger charge is -2.35. The second-order valence-electron chi connectivity index (χ2n) is 9.41. The fourth-order valence-corrected chi connectivity index (χ4v) is 5.19. The number of esters is 1. The van der Waals surface area contributed by atoms with Crippen molar-refractivity contribution in [3.8, 4) is 0 Å². The predicted octanol–water partition coefficient (Wildman–Crippen LogP) is 3.23. The van der Waals surface area contributed by atoms with Crippen LogP contribution in [0.1, 0.15) is 64.6 Å². The third-order valence-electron chi connectivity index (χ3n) is 6.46. The van der Waals surface area contributed by atoms with Gasteiger partial charge >= 0.3 is 5.97 Å². The third-order valence-corrected chi connectivity index (χ3v) is 6.46. The summed E-state index contributed by atoms with van der Waals surface area (Å²) in [5.41, 5.74) is 8.74. The highest BCUT2D eigenvalue weighted by Gasteiger charge is 2.58. The van der Waals surface area contributed by atoms with Crippen LogP contribution >= 0.6 is 0 Å². The van der Waals surface area contributed by atoms with Gasteiger partial charge in [-0.2, -0.15) is 0 Å². The van der Waals surface area contributed by atoms with E-state index in [0.29, 0.717) is 13.0 Å². The Morgan fingerprint density at radius 1 is 1.23 bits per heavy atom. The Bertz CT molecular complexity index is 767. The highest BCUT2D eigenvalue weighted by molar-refractivity contribution is 5.89. The molecular formula is C24H36N2O4. The van der Waals surface area contributed by atoms with E-state index in [9.17, 15) is 9.59 Å². The number of rotatable bonds is 5. The van der Waals surface area contributed by atoms with E-state index in [1.165, 1.54) is 0 Å². The van der Waals surface area contributed by atoms with Crippen LogP contribution in [0, 0.1) is 11.3 Å². The summed E-state index contributed by atoms with van der Waals surface area (Å²) in [7, 11) is 0. The minimum atomic E-state index is -0.730. The van der Waals surface area contributed by atoms with Gasteiger partial charge in [0, 0.05) is 18.6 Å². The highest BCUT2D eigenvalue weighted by atomic mass is 16.5. The molecule has 0 spiro atoms. The lowest BCUT2D eigenvalue weighted by Crippen LogP contribution is -2.50. The Hall–Kier alpha value is -1.92. The number of carbonyl (C=O) groups is 2. The van der Waals surface area contributed by atoms with Crippen LogP contribution in [0.5, 0.6) is 0 Å². The molecule has 1 amide bonds.